The van der Waals surface area contributed by atoms with Gasteiger partial charge < -0.3 is 10.6 Å². The highest BCUT2D eigenvalue weighted by atomic mass is 16.2. The third-order valence-corrected chi connectivity index (χ3v) is 3.65. The highest BCUT2D eigenvalue weighted by Crippen LogP contribution is 2.37. The molecule has 0 saturated heterocycles. The first-order valence-electron chi connectivity index (χ1n) is 6.63. The van der Waals surface area contributed by atoms with Gasteiger partial charge in [0, 0.05) is 25.0 Å². The molecule has 3 nitrogen and oxygen atoms in total. The van der Waals surface area contributed by atoms with Crippen molar-refractivity contribution in [2.75, 3.05) is 19.6 Å². The Morgan fingerprint density at radius 3 is 2.38 bits per heavy atom. The average Bonchev–Trinajstić information content (AvgIpc) is 2.29. The van der Waals surface area contributed by atoms with Gasteiger partial charge in [-0.1, -0.05) is 33.1 Å². The van der Waals surface area contributed by atoms with Crippen molar-refractivity contribution >= 4 is 5.91 Å². The Labute approximate surface area is 99.4 Å². The number of nitrogens with zero attached hydrogens (tertiary/aromatic N) is 1. The molecule has 94 valence electrons. The molecule has 0 radical (unpaired) electrons. The SMILES string of the molecule is CCCN(CCN)C(=O)C1(C)CCCCC1. The quantitative estimate of drug-likeness (QED) is 0.781. The average molecular weight is 226 g/mol. The molecule has 0 heterocycles. The van der Waals surface area contributed by atoms with E-state index in [1.807, 2.05) is 4.90 Å². The first-order valence-corrected chi connectivity index (χ1v) is 6.63. The predicted octanol–water partition coefficient (Wildman–Crippen LogP) is 2.15. The fourth-order valence-corrected chi connectivity index (χ4v) is 2.67. The summed E-state index contributed by atoms with van der Waals surface area (Å²) in [7, 11) is 0. The minimum absolute atomic E-state index is 0.109. The number of nitrogens with two attached hydrogens (primary N) is 1. The lowest BCUT2D eigenvalue weighted by atomic mass is 9.74. The number of hydrogen-bond donors (Lipinski definition) is 1. The maximum atomic E-state index is 12.5. The number of amides is 1. The molecule has 0 aliphatic heterocycles. The Balaban J connectivity index is 2.63. The van der Waals surface area contributed by atoms with Crippen LogP contribution in [0.4, 0.5) is 0 Å². The van der Waals surface area contributed by atoms with Gasteiger partial charge in [-0.15, -0.1) is 0 Å². The third kappa shape index (κ3) is 3.21. The van der Waals surface area contributed by atoms with E-state index in [4.69, 9.17) is 5.73 Å². The Kier molecular flexibility index (Phi) is 5.26. The molecule has 1 saturated carbocycles. The summed E-state index contributed by atoms with van der Waals surface area (Å²) in [5.74, 6) is 0.333. The zero-order valence-electron chi connectivity index (χ0n) is 10.8. The molecule has 1 rings (SSSR count). The highest BCUT2D eigenvalue weighted by molar-refractivity contribution is 5.82. The lowest BCUT2D eigenvalue weighted by molar-refractivity contribution is -0.143. The topological polar surface area (TPSA) is 46.3 Å². The molecule has 3 heteroatoms. The monoisotopic (exact) mass is 226 g/mol. The van der Waals surface area contributed by atoms with Crippen LogP contribution in [-0.4, -0.2) is 30.4 Å². The summed E-state index contributed by atoms with van der Waals surface area (Å²) < 4.78 is 0. The standard InChI is InChI=1S/C13H26N2O/c1-3-10-15(11-9-14)12(16)13(2)7-5-4-6-8-13/h3-11,14H2,1-2H3. The van der Waals surface area contributed by atoms with Gasteiger partial charge in [0.15, 0.2) is 0 Å². The molecule has 0 bridgehead atoms. The van der Waals surface area contributed by atoms with Crippen molar-refractivity contribution < 1.29 is 4.79 Å². The summed E-state index contributed by atoms with van der Waals surface area (Å²) in [6.07, 6.45) is 6.80. The van der Waals surface area contributed by atoms with Gasteiger partial charge in [0.25, 0.3) is 0 Å². The van der Waals surface area contributed by atoms with Gasteiger partial charge in [-0.25, -0.2) is 0 Å². The molecular weight excluding hydrogens is 200 g/mol. The van der Waals surface area contributed by atoms with E-state index in [1.54, 1.807) is 0 Å². The van der Waals surface area contributed by atoms with Crippen LogP contribution in [0.2, 0.25) is 0 Å². The molecule has 0 unspecified atom stereocenters. The third-order valence-electron chi connectivity index (χ3n) is 3.65. The van der Waals surface area contributed by atoms with E-state index in [0.717, 1.165) is 25.8 Å². The van der Waals surface area contributed by atoms with E-state index < -0.39 is 0 Å². The van der Waals surface area contributed by atoms with Crippen LogP contribution in [0, 0.1) is 5.41 Å². The lowest BCUT2D eigenvalue weighted by Gasteiger charge is -2.37. The first kappa shape index (κ1) is 13.5. The largest absolute Gasteiger partial charge is 0.341 e. The molecule has 0 aromatic rings. The lowest BCUT2D eigenvalue weighted by Crippen LogP contribution is -2.45. The fourth-order valence-electron chi connectivity index (χ4n) is 2.67. The van der Waals surface area contributed by atoms with Crippen LogP contribution in [0.5, 0.6) is 0 Å². The maximum absolute atomic E-state index is 12.5. The van der Waals surface area contributed by atoms with Gasteiger partial charge in [0.2, 0.25) is 5.91 Å². The van der Waals surface area contributed by atoms with E-state index in [1.165, 1.54) is 19.3 Å². The van der Waals surface area contributed by atoms with Crippen LogP contribution in [0.1, 0.15) is 52.4 Å². The summed E-state index contributed by atoms with van der Waals surface area (Å²) in [4.78, 5) is 14.4. The molecule has 1 amide bonds. The zero-order chi connectivity index (χ0) is 12.0. The van der Waals surface area contributed by atoms with E-state index >= 15 is 0 Å². The smallest absolute Gasteiger partial charge is 0.228 e. The van der Waals surface area contributed by atoms with Crippen LogP contribution >= 0.6 is 0 Å². The zero-order valence-corrected chi connectivity index (χ0v) is 10.8. The molecule has 1 aliphatic carbocycles. The molecule has 16 heavy (non-hydrogen) atoms. The number of carbonyl (C=O) groups excluding carboxylic acids is 1. The minimum atomic E-state index is -0.109. The maximum Gasteiger partial charge on any atom is 0.228 e. The number of carbonyl (C=O) groups is 1. The van der Waals surface area contributed by atoms with Gasteiger partial charge >= 0.3 is 0 Å². The summed E-state index contributed by atoms with van der Waals surface area (Å²) in [5.41, 5.74) is 5.47. The summed E-state index contributed by atoms with van der Waals surface area (Å²) in [6.45, 7) is 6.38. The van der Waals surface area contributed by atoms with Crippen LogP contribution < -0.4 is 5.73 Å². The second kappa shape index (κ2) is 6.24. The van der Waals surface area contributed by atoms with E-state index in [2.05, 4.69) is 13.8 Å². The molecule has 0 aromatic carbocycles. The first-order chi connectivity index (χ1) is 7.64. The van der Waals surface area contributed by atoms with Crippen molar-refractivity contribution in [3.63, 3.8) is 0 Å². The van der Waals surface area contributed by atoms with Gasteiger partial charge in [0.05, 0.1) is 0 Å². The highest BCUT2D eigenvalue weighted by Gasteiger charge is 2.36. The molecule has 0 spiro atoms. The van der Waals surface area contributed by atoms with Gasteiger partial charge in [-0.2, -0.15) is 0 Å². The van der Waals surface area contributed by atoms with Crippen LogP contribution in [0.3, 0.4) is 0 Å². The van der Waals surface area contributed by atoms with Crippen LogP contribution in [0.25, 0.3) is 0 Å². The second-order valence-electron chi connectivity index (χ2n) is 5.20. The minimum Gasteiger partial charge on any atom is -0.341 e. The number of hydrogen-bond acceptors (Lipinski definition) is 2. The second-order valence-corrected chi connectivity index (χ2v) is 5.20. The van der Waals surface area contributed by atoms with Gasteiger partial charge in [-0.3, -0.25) is 4.79 Å². The van der Waals surface area contributed by atoms with Crippen molar-refractivity contribution in [2.24, 2.45) is 11.1 Å². The molecule has 1 aliphatic rings. The predicted molar refractivity (Wildman–Crippen MR) is 67.1 cm³/mol. The Morgan fingerprint density at radius 1 is 1.25 bits per heavy atom. The van der Waals surface area contributed by atoms with Crippen molar-refractivity contribution in [3.8, 4) is 0 Å². The summed E-state index contributed by atoms with van der Waals surface area (Å²) in [6, 6.07) is 0. The van der Waals surface area contributed by atoms with Crippen LogP contribution in [0.15, 0.2) is 0 Å². The van der Waals surface area contributed by atoms with Crippen molar-refractivity contribution in [1.82, 2.24) is 4.90 Å². The summed E-state index contributed by atoms with van der Waals surface area (Å²) >= 11 is 0. The van der Waals surface area contributed by atoms with E-state index in [-0.39, 0.29) is 5.41 Å². The molecular formula is C13H26N2O. The van der Waals surface area contributed by atoms with E-state index in [9.17, 15) is 4.79 Å². The Bertz CT molecular complexity index is 216. The Hall–Kier alpha value is -0.570. The van der Waals surface area contributed by atoms with Gasteiger partial charge in [0.1, 0.15) is 0 Å². The van der Waals surface area contributed by atoms with Gasteiger partial charge in [-0.05, 0) is 19.3 Å². The Morgan fingerprint density at radius 2 is 1.88 bits per heavy atom. The van der Waals surface area contributed by atoms with Crippen molar-refractivity contribution in [3.05, 3.63) is 0 Å². The number of rotatable bonds is 5. The normalized spacial score (nSPS) is 19.4. The molecule has 2 N–H and O–H groups in total. The molecule has 0 aromatic heterocycles. The van der Waals surface area contributed by atoms with E-state index in [0.29, 0.717) is 19.0 Å². The van der Waals surface area contributed by atoms with Crippen molar-refractivity contribution in [1.29, 1.82) is 0 Å². The molecule has 1 fully saturated rings. The van der Waals surface area contributed by atoms with Crippen molar-refractivity contribution in [2.45, 2.75) is 52.4 Å². The fraction of sp³-hybridized carbons (Fsp3) is 0.923. The van der Waals surface area contributed by atoms with Crippen LogP contribution in [-0.2, 0) is 4.79 Å². The summed E-state index contributed by atoms with van der Waals surface area (Å²) in [5, 5.41) is 0. The molecule has 0 atom stereocenters.